The number of rotatable bonds is 6. The Morgan fingerprint density at radius 2 is 2.00 bits per heavy atom. The van der Waals surface area contributed by atoms with Crippen LogP contribution in [0.5, 0.6) is 0 Å². The molecular weight excluding hydrogens is 312 g/mol. The lowest BCUT2D eigenvalue weighted by Gasteiger charge is -2.48. The Balaban J connectivity index is 1.63. The molecule has 4 heteroatoms. The van der Waals surface area contributed by atoms with Crippen molar-refractivity contribution < 1.29 is 9.94 Å². The Labute approximate surface area is 151 Å². The summed E-state index contributed by atoms with van der Waals surface area (Å²) in [5, 5.41) is 15.6. The number of oxime groups is 1. The molecular formula is C21H32N2O2. The monoisotopic (exact) mass is 344 g/mol. The Morgan fingerprint density at radius 3 is 2.72 bits per heavy atom. The van der Waals surface area contributed by atoms with Crippen LogP contribution in [0.2, 0.25) is 0 Å². The van der Waals surface area contributed by atoms with Crippen LogP contribution in [0.3, 0.4) is 0 Å². The minimum atomic E-state index is -0.591. The minimum Gasteiger partial charge on any atom is -0.395 e. The fourth-order valence-corrected chi connectivity index (χ4v) is 4.72. The molecule has 1 aromatic carbocycles. The lowest BCUT2D eigenvalue weighted by molar-refractivity contribution is -0.0959. The average molecular weight is 344 g/mol. The van der Waals surface area contributed by atoms with Crippen molar-refractivity contribution in [3.05, 3.63) is 35.9 Å². The molecule has 2 aliphatic rings. The van der Waals surface area contributed by atoms with Crippen LogP contribution in [0.25, 0.3) is 0 Å². The van der Waals surface area contributed by atoms with Crippen molar-refractivity contribution in [1.29, 1.82) is 0 Å². The van der Waals surface area contributed by atoms with E-state index in [2.05, 4.69) is 47.3 Å². The number of nitrogens with zero attached hydrogens (tertiary/aromatic N) is 2. The summed E-state index contributed by atoms with van der Waals surface area (Å²) in [5.41, 5.74) is 0.681. The molecule has 3 rings (SSSR count). The van der Waals surface area contributed by atoms with Gasteiger partial charge in [0.25, 0.3) is 0 Å². The zero-order chi connectivity index (χ0) is 17.9. The molecule has 0 aromatic heterocycles. The lowest BCUT2D eigenvalue weighted by Crippen LogP contribution is -2.49. The fraction of sp³-hybridized carbons (Fsp3) is 0.667. The summed E-state index contributed by atoms with van der Waals surface area (Å²) in [6.45, 7) is 3.72. The molecule has 4 nitrogen and oxygen atoms in total. The Morgan fingerprint density at radius 1 is 1.24 bits per heavy atom. The molecule has 25 heavy (non-hydrogen) atoms. The SMILES string of the molecule is CN(C)CCON=C[C@H]1CC[C@]2(O)C[C@@H](c3ccccc3)CC[C@]12C. The van der Waals surface area contributed by atoms with Gasteiger partial charge < -0.3 is 14.8 Å². The van der Waals surface area contributed by atoms with Gasteiger partial charge in [-0.2, -0.15) is 0 Å². The molecule has 1 N–H and O–H groups in total. The molecule has 2 saturated carbocycles. The van der Waals surface area contributed by atoms with Gasteiger partial charge in [0.1, 0.15) is 6.61 Å². The van der Waals surface area contributed by atoms with Gasteiger partial charge in [-0.3, -0.25) is 0 Å². The summed E-state index contributed by atoms with van der Waals surface area (Å²) in [6, 6.07) is 10.7. The van der Waals surface area contributed by atoms with Gasteiger partial charge >= 0.3 is 0 Å². The van der Waals surface area contributed by atoms with Crippen LogP contribution in [0, 0.1) is 11.3 Å². The predicted molar refractivity (Wildman–Crippen MR) is 102 cm³/mol. The van der Waals surface area contributed by atoms with E-state index in [-0.39, 0.29) is 5.41 Å². The molecule has 0 saturated heterocycles. The molecule has 0 amide bonds. The first kappa shape index (κ1) is 18.4. The van der Waals surface area contributed by atoms with E-state index in [4.69, 9.17) is 4.84 Å². The highest BCUT2D eigenvalue weighted by Crippen LogP contribution is 2.60. The van der Waals surface area contributed by atoms with Crippen molar-refractivity contribution in [2.75, 3.05) is 27.2 Å². The highest BCUT2D eigenvalue weighted by molar-refractivity contribution is 5.62. The summed E-state index contributed by atoms with van der Waals surface area (Å²) in [4.78, 5) is 7.48. The van der Waals surface area contributed by atoms with Gasteiger partial charge in [0, 0.05) is 24.1 Å². The van der Waals surface area contributed by atoms with Crippen LogP contribution < -0.4 is 0 Å². The topological polar surface area (TPSA) is 45.1 Å². The lowest BCUT2D eigenvalue weighted by atomic mass is 9.59. The molecule has 2 fully saturated rings. The van der Waals surface area contributed by atoms with Crippen molar-refractivity contribution in [2.24, 2.45) is 16.5 Å². The first-order valence-electron chi connectivity index (χ1n) is 9.52. The van der Waals surface area contributed by atoms with Crippen LogP contribution in [0.1, 0.15) is 50.5 Å². The van der Waals surface area contributed by atoms with E-state index >= 15 is 0 Å². The molecule has 4 atom stereocenters. The molecule has 0 spiro atoms. The van der Waals surface area contributed by atoms with E-state index in [1.807, 2.05) is 20.3 Å². The maximum absolute atomic E-state index is 11.4. The highest BCUT2D eigenvalue weighted by Gasteiger charge is 2.58. The number of benzene rings is 1. The van der Waals surface area contributed by atoms with E-state index in [9.17, 15) is 5.11 Å². The molecule has 2 aliphatic carbocycles. The van der Waals surface area contributed by atoms with Crippen molar-refractivity contribution in [2.45, 2.75) is 50.5 Å². The molecule has 0 aliphatic heterocycles. The molecule has 138 valence electrons. The van der Waals surface area contributed by atoms with Crippen LogP contribution in [0.15, 0.2) is 35.5 Å². The number of hydrogen-bond donors (Lipinski definition) is 1. The van der Waals surface area contributed by atoms with Gasteiger partial charge in [-0.25, -0.2) is 0 Å². The van der Waals surface area contributed by atoms with Gasteiger partial charge in [-0.05, 0) is 57.7 Å². The summed E-state index contributed by atoms with van der Waals surface area (Å²) in [7, 11) is 4.05. The fourth-order valence-electron chi connectivity index (χ4n) is 4.72. The van der Waals surface area contributed by atoms with Crippen molar-refractivity contribution >= 4 is 6.21 Å². The van der Waals surface area contributed by atoms with E-state index < -0.39 is 5.60 Å². The van der Waals surface area contributed by atoms with E-state index in [0.29, 0.717) is 18.4 Å². The van der Waals surface area contributed by atoms with Crippen LogP contribution in [-0.4, -0.2) is 49.1 Å². The number of aliphatic hydroxyl groups is 1. The second kappa shape index (κ2) is 7.46. The van der Waals surface area contributed by atoms with E-state index in [1.165, 1.54) is 5.56 Å². The Kier molecular flexibility index (Phi) is 5.49. The second-order valence-electron chi connectivity index (χ2n) is 8.34. The van der Waals surface area contributed by atoms with Crippen LogP contribution in [0.4, 0.5) is 0 Å². The maximum atomic E-state index is 11.4. The predicted octanol–water partition coefficient (Wildman–Crippen LogP) is 3.67. The third-order valence-corrected chi connectivity index (χ3v) is 6.56. The van der Waals surface area contributed by atoms with E-state index in [1.54, 1.807) is 0 Å². The minimum absolute atomic E-state index is 0.0906. The van der Waals surface area contributed by atoms with Crippen LogP contribution >= 0.6 is 0 Å². The average Bonchev–Trinajstić information content (AvgIpc) is 2.86. The standard InChI is InChI=1S/C21H32N2O2/c1-20-11-9-18(17-7-5-4-6-8-17)15-21(20,24)12-10-19(20)16-22-25-14-13-23(2)3/h4-8,16,18-19,24H,9-15H2,1-3H3/t18-,19+,20+,21-/m0/s1. The summed E-state index contributed by atoms with van der Waals surface area (Å²) in [5.74, 6) is 0.764. The summed E-state index contributed by atoms with van der Waals surface area (Å²) < 4.78 is 0. The summed E-state index contributed by atoms with van der Waals surface area (Å²) in [6.07, 6.45) is 6.85. The van der Waals surface area contributed by atoms with Gasteiger partial charge in [0.15, 0.2) is 0 Å². The first-order chi connectivity index (χ1) is 11.9. The Hall–Kier alpha value is -1.39. The number of hydrogen-bond acceptors (Lipinski definition) is 4. The smallest absolute Gasteiger partial charge is 0.129 e. The van der Waals surface area contributed by atoms with E-state index in [0.717, 1.165) is 38.6 Å². The van der Waals surface area contributed by atoms with Gasteiger partial charge in [0.05, 0.1) is 5.60 Å². The molecule has 0 bridgehead atoms. The maximum Gasteiger partial charge on any atom is 0.129 e. The van der Waals surface area contributed by atoms with Gasteiger partial charge in [-0.1, -0.05) is 42.4 Å². The zero-order valence-corrected chi connectivity index (χ0v) is 15.8. The van der Waals surface area contributed by atoms with Crippen LogP contribution in [-0.2, 0) is 4.84 Å². The molecule has 1 aromatic rings. The third kappa shape index (κ3) is 3.75. The third-order valence-electron chi connectivity index (χ3n) is 6.56. The zero-order valence-electron chi connectivity index (χ0n) is 15.8. The normalized spacial score (nSPS) is 35.2. The number of likely N-dealkylation sites (N-methyl/N-ethyl adjacent to an activating group) is 1. The highest BCUT2D eigenvalue weighted by atomic mass is 16.6. The van der Waals surface area contributed by atoms with Crippen molar-refractivity contribution in [3.8, 4) is 0 Å². The first-order valence-corrected chi connectivity index (χ1v) is 9.52. The molecule has 0 radical (unpaired) electrons. The quantitative estimate of drug-likeness (QED) is 0.486. The Bertz CT molecular complexity index is 589. The molecule has 0 unspecified atom stereocenters. The van der Waals surface area contributed by atoms with Crippen molar-refractivity contribution in [1.82, 2.24) is 4.90 Å². The number of fused-ring (bicyclic) bond motifs is 1. The molecule has 0 heterocycles. The second-order valence-corrected chi connectivity index (χ2v) is 8.34. The van der Waals surface area contributed by atoms with Crippen molar-refractivity contribution in [3.63, 3.8) is 0 Å². The van der Waals surface area contributed by atoms with Gasteiger partial charge in [0.2, 0.25) is 0 Å². The summed E-state index contributed by atoms with van der Waals surface area (Å²) >= 11 is 0. The largest absolute Gasteiger partial charge is 0.395 e. The van der Waals surface area contributed by atoms with Gasteiger partial charge in [-0.15, -0.1) is 0 Å².